The number of hydrogen-bond acceptors (Lipinski definition) is 9. The van der Waals surface area contributed by atoms with E-state index in [1.54, 1.807) is 10.3 Å². The van der Waals surface area contributed by atoms with Gasteiger partial charge in [0.2, 0.25) is 11.7 Å². The Morgan fingerprint density at radius 3 is 1.93 bits per heavy atom. The van der Waals surface area contributed by atoms with Gasteiger partial charge in [-0.3, -0.25) is 4.98 Å². The Bertz CT molecular complexity index is 2630. The van der Waals surface area contributed by atoms with E-state index >= 15 is 0 Å². The molecule has 0 aliphatic rings. The average Bonchev–Trinajstić information content (AvgIpc) is 4.00. The zero-order valence-electron chi connectivity index (χ0n) is 31.1. The molecule has 0 saturated heterocycles. The van der Waals surface area contributed by atoms with Crippen LogP contribution in [0.15, 0.2) is 169 Å². The van der Waals surface area contributed by atoms with Gasteiger partial charge in [-0.1, -0.05) is 140 Å². The van der Waals surface area contributed by atoms with E-state index in [0.29, 0.717) is 29.6 Å². The SMILES string of the molecule is CCc1cc(OCc2ccc(-c3ccccc3)c(-c3nnn(C(c4ccccc4)(c4ccccc4)c4ccccc4)n3)c2)c2nc(OCc3cscn3)ccc2n1. The summed E-state index contributed by atoms with van der Waals surface area (Å²) in [7, 11) is 0. The monoisotopic (exact) mass is 763 g/mol. The second kappa shape index (κ2) is 16.0. The van der Waals surface area contributed by atoms with Crippen molar-refractivity contribution in [3.8, 4) is 34.1 Å². The number of aromatic nitrogens is 7. The van der Waals surface area contributed by atoms with E-state index in [2.05, 4.69) is 78.6 Å². The Morgan fingerprint density at radius 1 is 0.632 bits per heavy atom. The van der Waals surface area contributed by atoms with Gasteiger partial charge in [0.25, 0.3) is 0 Å². The molecular weight excluding hydrogens is 727 g/mol. The van der Waals surface area contributed by atoms with Gasteiger partial charge in [0, 0.05) is 28.8 Å². The lowest BCUT2D eigenvalue weighted by Gasteiger charge is -2.34. The van der Waals surface area contributed by atoms with Gasteiger partial charge in [0.1, 0.15) is 24.5 Å². The summed E-state index contributed by atoms with van der Waals surface area (Å²) in [5.41, 5.74) is 10.8. The molecule has 0 amide bonds. The van der Waals surface area contributed by atoms with Crippen molar-refractivity contribution < 1.29 is 9.47 Å². The second-order valence-electron chi connectivity index (χ2n) is 13.5. The quantitative estimate of drug-likeness (QED) is 0.107. The van der Waals surface area contributed by atoms with Crippen LogP contribution in [-0.4, -0.2) is 35.2 Å². The number of aryl methyl sites for hydroxylation is 1. The standard InChI is InChI=1S/C47H37N7O2S/c1-2-38-28-43(45-42(49-38)25-26-44(50-45)56-30-39-31-57-32-48-39)55-29-33-23-24-40(34-15-7-3-8-16-34)41(27-33)46-51-53-54(52-46)47(35-17-9-4-10-18-35,36-19-11-5-12-20-36)37-21-13-6-14-22-37/h3-28,31-32H,2,29-30H2,1H3. The van der Waals surface area contributed by atoms with Gasteiger partial charge >= 0.3 is 0 Å². The van der Waals surface area contributed by atoms with E-state index in [1.165, 1.54) is 11.3 Å². The van der Waals surface area contributed by atoms with Crippen LogP contribution in [0.4, 0.5) is 0 Å². The predicted octanol–water partition coefficient (Wildman–Crippen LogP) is 9.97. The highest BCUT2D eigenvalue weighted by atomic mass is 32.1. The van der Waals surface area contributed by atoms with Crippen molar-refractivity contribution in [3.63, 3.8) is 0 Å². The molecule has 9 nitrogen and oxygen atoms in total. The normalized spacial score (nSPS) is 11.5. The number of hydrogen-bond donors (Lipinski definition) is 0. The van der Waals surface area contributed by atoms with Gasteiger partial charge in [-0.05, 0) is 57.1 Å². The Balaban J connectivity index is 1.12. The largest absolute Gasteiger partial charge is 0.486 e. The minimum atomic E-state index is -0.905. The first-order valence-corrected chi connectivity index (χ1v) is 19.7. The molecule has 9 aromatic rings. The van der Waals surface area contributed by atoms with Gasteiger partial charge < -0.3 is 9.47 Å². The minimum absolute atomic E-state index is 0.270. The summed E-state index contributed by atoms with van der Waals surface area (Å²) in [6, 6.07) is 53.3. The topological polar surface area (TPSA) is 101 Å². The molecule has 0 aliphatic carbocycles. The van der Waals surface area contributed by atoms with Crippen LogP contribution >= 0.6 is 11.3 Å². The summed E-state index contributed by atoms with van der Waals surface area (Å²) >= 11 is 1.53. The Kier molecular flexibility index (Phi) is 9.99. The van der Waals surface area contributed by atoms with Crippen molar-refractivity contribution in [1.29, 1.82) is 0 Å². The van der Waals surface area contributed by atoms with Crippen LogP contribution in [0.3, 0.4) is 0 Å². The Hall–Kier alpha value is -7.04. The van der Waals surface area contributed by atoms with E-state index in [1.807, 2.05) is 96.4 Å². The summed E-state index contributed by atoms with van der Waals surface area (Å²) < 4.78 is 12.6. The molecule has 5 aromatic carbocycles. The highest BCUT2D eigenvalue weighted by molar-refractivity contribution is 7.07. The number of thiazole rings is 1. The molecule has 0 aliphatic heterocycles. The van der Waals surface area contributed by atoms with Crippen LogP contribution < -0.4 is 9.47 Å². The first-order valence-electron chi connectivity index (χ1n) is 18.8. The van der Waals surface area contributed by atoms with Crippen LogP contribution in [-0.2, 0) is 25.2 Å². The Morgan fingerprint density at radius 2 is 1.30 bits per heavy atom. The third-order valence-corrected chi connectivity index (χ3v) is 10.6. The van der Waals surface area contributed by atoms with Crippen molar-refractivity contribution in [2.45, 2.75) is 32.1 Å². The predicted molar refractivity (Wildman–Crippen MR) is 223 cm³/mol. The van der Waals surface area contributed by atoms with Crippen LogP contribution in [0.25, 0.3) is 33.5 Å². The van der Waals surface area contributed by atoms with E-state index in [-0.39, 0.29) is 6.61 Å². The number of benzene rings is 5. The van der Waals surface area contributed by atoms with E-state index in [9.17, 15) is 0 Å². The molecule has 0 spiro atoms. The molecule has 0 atom stereocenters. The fourth-order valence-corrected chi connectivity index (χ4v) is 7.73. The molecule has 9 rings (SSSR count). The molecule has 4 heterocycles. The smallest absolute Gasteiger partial charge is 0.214 e. The number of ether oxygens (including phenoxy) is 2. The number of rotatable bonds is 13. The highest BCUT2D eigenvalue weighted by Gasteiger charge is 2.41. The molecule has 278 valence electrons. The molecule has 0 saturated carbocycles. The third kappa shape index (κ3) is 7.14. The van der Waals surface area contributed by atoms with Crippen molar-refractivity contribution in [1.82, 2.24) is 35.2 Å². The summed E-state index contributed by atoms with van der Waals surface area (Å²) in [4.78, 5) is 15.7. The first kappa shape index (κ1) is 35.6. The lowest BCUT2D eigenvalue weighted by molar-refractivity contribution is 0.289. The Labute approximate surface area is 334 Å². The second-order valence-corrected chi connectivity index (χ2v) is 14.2. The number of pyridine rings is 2. The van der Waals surface area contributed by atoms with Gasteiger partial charge in [0.15, 0.2) is 5.54 Å². The van der Waals surface area contributed by atoms with Crippen LogP contribution in [0.1, 0.15) is 40.6 Å². The molecule has 0 fully saturated rings. The van der Waals surface area contributed by atoms with Crippen molar-refractivity contribution in [3.05, 3.63) is 202 Å². The molecule has 10 heteroatoms. The summed E-state index contributed by atoms with van der Waals surface area (Å²) in [6.07, 6.45) is 0.752. The molecule has 4 aromatic heterocycles. The third-order valence-electron chi connectivity index (χ3n) is 9.95. The van der Waals surface area contributed by atoms with Crippen molar-refractivity contribution in [2.24, 2.45) is 0 Å². The first-order chi connectivity index (χ1) is 28.2. The highest BCUT2D eigenvalue weighted by Crippen LogP contribution is 2.41. The molecule has 0 bridgehead atoms. The zero-order chi connectivity index (χ0) is 38.4. The number of fused-ring (bicyclic) bond motifs is 1. The maximum Gasteiger partial charge on any atom is 0.214 e. The molecule has 0 unspecified atom stereocenters. The van der Waals surface area contributed by atoms with Gasteiger partial charge in [0.05, 0.1) is 16.7 Å². The average molecular weight is 764 g/mol. The summed E-state index contributed by atoms with van der Waals surface area (Å²) in [5.74, 6) is 1.61. The fraction of sp³-hybridized carbons (Fsp3) is 0.106. The molecule has 0 N–H and O–H groups in total. The van der Waals surface area contributed by atoms with Crippen molar-refractivity contribution in [2.75, 3.05) is 0 Å². The van der Waals surface area contributed by atoms with Crippen molar-refractivity contribution >= 4 is 22.4 Å². The lowest BCUT2D eigenvalue weighted by Crippen LogP contribution is -2.39. The summed E-state index contributed by atoms with van der Waals surface area (Å²) in [5, 5.41) is 16.9. The molecule has 57 heavy (non-hydrogen) atoms. The van der Waals surface area contributed by atoms with Crippen LogP contribution in [0, 0.1) is 0 Å². The van der Waals surface area contributed by atoms with Gasteiger partial charge in [-0.2, -0.15) is 0 Å². The summed E-state index contributed by atoms with van der Waals surface area (Å²) in [6.45, 7) is 2.68. The van der Waals surface area contributed by atoms with Crippen LogP contribution in [0.2, 0.25) is 0 Å². The van der Waals surface area contributed by atoms with E-state index < -0.39 is 5.54 Å². The van der Waals surface area contributed by atoms with Crippen LogP contribution in [0.5, 0.6) is 11.6 Å². The lowest BCUT2D eigenvalue weighted by atomic mass is 9.77. The van der Waals surface area contributed by atoms with Gasteiger partial charge in [-0.15, -0.1) is 26.3 Å². The number of nitrogens with zero attached hydrogens (tertiary/aromatic N) is 7. The zero-order valence-corrected chi connectivity index (χ0v) is 32.0. The maximum absolute atomic E-state index is 6.59. The fourth-order valence-electron chi connectivity index (χ4n) is 7.19. The molecular formula is C47H37N7O2S. The van der Waals surface area contributed by atoms with Gasteiger partial charge in [-0.25, -0.2) is 9.97 Å². The van der Waals surface area contributed by atoms with E-state index in [4.69, 9.17) is 34.9 Å². The molecule has 0 radical (unpaired) electrons. The number of tetrazole rings is 1. The van der Waals surface area contributed by atoms with E-state index in [0.717, 1.165) is 62.3 Å². The minimum Gasteiger partial charge on any atom is -0.486 e. The maximum atomic E-state index is 6.59.